The first-order valence-corrected chi connectivity index (χ1v) is 8.19. The van der Waals surface area contributed by atoms with Crippen molar-refractivity contribution >= 4 is 17.4 Å². The molecule has 1 aromatic heterocycles. The highest BCUT2D eigenvalue weighted by Gasteiger charge is 2.20. The maximum Gasteiger partial charge on any atom is 0.150 e. The molecule has 0 saturated carbocycles. The molecule has 0 bridgehead atoms. The van der Waals surface area contributed by atoms with Crippen LogP contribution in [0.25, 0.3) is 11.1 Å². The number of hydrogen-bond acceptors (Lipinski definition) is 4. The third kappa shape index (κ3) is 2.86. The summed E-state index contributed by atoms with van der Waals surface area (Å²) >= 11 is 1.56. The van der Waals surface area contributed by atoms with Crippen molar-refractivity contribution in [3.8, 4) is 11.1 Å². The Kier molecular flexibility index (Phi) is 4.33. The van der Waals surface area contributed by atoms with Crippen molar-refractivity contribution < 1.29 is 0 Å². The molecule has 2 heterocycles. The van der Waals surface area contributed by atoms with Crippen molar-refractivity contribution in [2.75, 3.05) is 37.6 Å². The van der Waals surface area contributed by atoms with Gasteiger partial charge in [-0.3, -0.25) is 4.90 Å². The van der Waals surface area contributed by atoms with Gasteiger partial charge < -0.3 is 4.90 Å². The molecular weight excluding hydrogens is 266 g/mol. The van der Waals surface area contributed by atoms with Gasteiger partial charge in [0.15, 0.2) is 0 Å². The molecule has 1 fully saturated rings. The SMILES string of the molecule is CCCN1CCN(c2nscc2-c2ccccc2)CC1. The number of anilines is 1. The van der Waals surface area contributed by atoms with Gasteiger partial charge in [0.1, 0.15) is 5.82 Å². The van der Waals surface area contributed by atoms with Crippen LogP contribution in [-0.4, -0.2) is 42.0 Å². The number of aromatic nitrogens is 1. The average molecular weight is 287 g/mol. The van der Waals surface area contributed by atoms with E-state index in [-0.39, 0.29) is 0 Å². The molecule has 0 unspecified atom stereocenters. The number of nitrogens with zero attached hydrogens (tertiary/aromatic N) is 3. The van der Waals surface area contributed by atoms with E-state index >= 15 is 0 Å². The minimum atomic E-state index is 1.09. The summed E-state index contributed by atoms with van der Waals surface area (Å²) in [6, 6.07) is 10.6. The number of rotatable bonds is 4. The van der Waals surface area contributed by atoms with Crippen LogP contribution in [0.4, 0.5) is 5.82 Å². The van der Waals surface area contributed by atoms with E-state index in [2.05, 4.69) is 56.8 Å². The summed E-state index contributed by atoms with van der Waals surface area (Å²) in [5.41, 5.74) is 2.55. The van der Waals surface area contributed by atoms with Crippen molar-refractivity contribution in [3.05, 3.63) is 35.7 Å². The van der Waals surface area contributed by atoms with Crippen LogP contribution in [0, 0.1) is 0 Å². The Hall–Kier alpha value is -1.39. The third-order valence-electron chi connectivity index (χ3n) is 3.85. The van der Waals surface area contributed by atoms with Gasteiger partial charge in [0.2, 0.25) is 0 Å². The first-order chi connectivity index (χ1) is 9.88. The van der Waals surface area contributed by atoms with E-state index in [0.717, 1.165) is 32.0 Å². The van der Waals surface area contributed by atoms with Crippen LogP contribution in [-0.2, 0) is 0 Å². The first kappa shape index (κ1) is 13.6. The average Bonchev–Trinajstić information content (AvgIpc) is 2.99. The lowest BCUT2D eigenvalue weighted by Gasteiger charge is -2.35. The number of piperazine rings is 1. The fraction of sp³-hybridized carbons (Fsp3) is 0.438. The van der Waals surface area contributed by atoms with Crippen LogP contribution in [0.2, 0.25) is 0 Å². The van der Waals surface area contributed by atoms with Crippen LogP contribution < -0.4 is 4.90 Å². The van der Waals surface area contributed by atoms with E-state index in [1.54, 1.807) is 11.5 Å². The van der Waals surface area contributed by atoms with Gasteiger partial charge >= 0.3 is 0 Å². The number of hydrogen-bond donors (Lipinski definition) is 0. The van der Waals surface area contributed by atoms with Gasteiger partial charge in [-0.25, -0.2) is 0 Å². The Morgan fingerprint density at radius 2 is 1.85 bits per heavy atom. The highest BCUT2D eigenvalue weighted by Crippen LogP contribution is 2.31. The van der Waals surface area contributed by atoms with E-state index in [4.69, 9.17) is 0 Å². The highest BCUT2D eigenvalue weighted by molar-refractivity contribution is 7.04. The van der Waals surface area contributed by atoms with Crippen molar-refractivity contribution in [2.24, 2.45) is 0 Å². The van der Waals surface area contributed by atoms with E-state index < -0.39 is 0 Å². The van der Waals surface area contributed by atoms with Crippen LogP contribution in [0.15, 0.2) is 35.7 Å². The lowest BCUT2D eigenvalue weighted by molar-refractivity contribution is 0.258. The monoisotopic (exact) mass is 287 g/mol. The molecule has 106 valence electrons. The van der Waals surface area contributed by atoms with Crippen molar-refractivity contribution in [1.29, 1.82) is 0 Å². The van der Waals surface area contributed by atoms with Crippen molar-refractivity contribution in [2.45, 2.75) is 13.3 Å². The minimum Gasteiger partial charge on any atom is -0.353 e. The Balaban J connectivity index is 1.75. The van der Waals surface area contributed by atoms with Crippen molar-refractivity contribution in [3.63, 3.8) is 0 Å². The Morgan fingerprint density at radius 3 is 2.55 bits per heavy atom. The molecule has 20 heavy (non-hydrogen) atoms. The Morgan fingerprint density at radius 1 is 1.10 bits per heavy atom. The zero-order chi connectivity index (χ0) is 13.8. The zero-order valence-corrected chi connectivity index (χ0v) is 12.8. The molecule has 3 rings (SSSR count). The normalized spacial score (nSPS) is 16.6. The summed E-state index contributed by atoms with van der Waals surface area (Å²) in [5, 5.41) is 2.17. The standard InChI is InChI=1S/C16H21N3S/c1-2-8-18-9-11-19(12-10-18)16-15(13-20-17-16)14-6-4-3-5-7-14/h3-7,13H,2,8-12H2,1H3. The second-order valence-corrected chi connectivity index (χ2v) is 5.88. The first-order valence-electron chi connectivity index (χ1n) is 7.35. The van der Waals surface area contributed by atoms with Gasteiger partial charge in [-0.15, -0.1) is 0 Å². The highest BCUT2D eigenvalue weighted by atomic mass is 32.1. The summed E-state index contributed by atoms with van der Waals surface area (Å²) in [6.45, 7) is 7.95. The van der Waals surface area contributed by atoms with E-state index in [1.165, 1.54) is 24.1 Å². The predicted molar refractivity (Wildman–Crippen MR) is 86.5 cm³/mol. The zero-order valence-electron chi connectivity index (χ0n) is 12.0. The van der Waals surface area contributed by atoms with Crippen LogP contribution in [0.1, 0.15) is 13.3 Å². The lowest BCUT2D eigenvalue weighted by atomic mass is 10.1. The summed E-state index contributed by atoms with van der Waals surface area (Å²) in [6.07, 6.45) is 1.24. The molecule has 1 aliphatic rings. The van der Waals surface area contributed by atoms with E-state index in [0.29, 0.717) is 0 Å². The van der Waals surface area contributed by atoms with Crippen molar-refractivity contribution in [1.82, 2.24) is 9.27 Å². The molecule has 1 aliphatic heterocycles. The topological polar surface area (TPSA) is 19.4 Å². The molecule has 0 amide bonds. The van der Waals surface area contributed by atoms with Gasteiger partial charge in [0.05, 0.1) is 0 Å². The largest absolute Gasteiger partial charge is 0.353 e. The smallest absolute Gasteiger partial charge is 0.150 e. The van der Waals surface area contributed by atoms with E-state index in [1.807, 2.05) is 0 Å². The maximum atomic E-state index is 4.64. The van der Waals surface area contributed by atoms with Gasteiger partial charge in [0, 0.05) is 37.1 Å². The molecular formula is C16H21N3S. The molecule has 3 nitrogen and oxygen atoms in total. The molecule has 1 aromatic carbocycles. The molecule has 1 saturated heterocycles. The second kappa shape index (κ2) is 6.37. The Labute approximate surface area is 125 Å². The fourth-order valence-electron chi connectivity index (χ4n) is 2.77. The summed E-state index contributed by atoms with van der Waals surface area (Å²) in [4.78, 5) is 4.98. The predicted octanol–water partition coefficient (Wildman–Crippen LogP) is 3.34. The van der Waals surface area contributed by atoms with Crippen LogP contribution in [0.5, 0.6) is 0 Å². The van der Waals surface area contributed by atoms with Gasteiger partial charge in [-0.2, -0.15) is 4.37 Å². The molecule has 0 spiro atoms. The fourth-order valence-corrected chi connectivity index (χ4v) is 3.49. The van der Waals surface area contributed by atoms with E-state index in [9.17, 15) is 0 Å². The molecule has 0 atom stereocenters. The molecule has 0 radical (unpaired) electrons. The summed E-state index contributed by atoms with van der Waals surface area (Å²) < 4.78 is 4.64. The third-order valence-corrected chi connectivity index (χ3v) is 4.47. The van der Waals surface area contributed by atoms with Gasteiger partial charge in [-0.05, 0) is 30.1 Å². The minimum absolute atomic E-state index is 1.09. The summed E-state index contributed by atoms with van der Waals surface area (Å²) in [5.74, 6) is 1.16. The second-order valence-electron chi connectivity index (χ2n) is 5.25. The van der Waals surface area contributed by atoms with Crippen LogP contribution >= 0.6 is 11.5 Å². The Bertz CT molecular complexity index is 530. The van der Waals surface area contributed by atoms with Crippen LogP contribution in [0.3, 0.4) is 0 Å². The summed E-state index contributed by atoms with van der Waals surface area (Å²) in [7, 11) is 0. The van der Waals surface area contributed by atoms with Gasteiger partial charge in [-0.1, -0.05) is 37.3 Å². The van der Waals surface area contributed by atoms with Gasteiger partial charge in [0.25, 0.3) is 0 Å². The molecule has 0 N–H and O–H groups in total. The lowest BCUT2D eigenvalue weighted by Crippen LogP contribution is -2.46. The molecule has 0 aliphatic carbocycles. The number of benzene rings is 1. The quantitative estimate of drug-likeness (QED) is 0.860. The maximum absolute atomic E-state index is 4.64. The molecule has 4 heteroatoms. The molecule has 2 aromatic rings.